The third-order valence-corrected chi connectivity index (χ3v) is 5.09. The van der Waals surface area contributed by atoms with Crippen molar-refractivity contribution < 1.29 is 23.5 Å². The van der Waals surface area contributed by atoms with E-state index in [1.54, 1.807) is 0 Å². The van der Waals surface area contributed by atoms with Crippen molar-refractivity contribution in [2.75, 3.05) is 7.11 Å². The number of nitrogens with zero attached hydrogens (tertiary/aromatic N) is 1. The molecular weight excluding hydrogens is 394 g/mol. The summed E-state index contributed by atoms with van der Waals surface area (Å²) in [6.45, 7) is 5.79. The molecule has 1 aromatic carbocycles. The molecule has 0 unspecified atom stereocenters. The summed E-state index contributed by atoms with van der Waals surface area (Å²) in [4.78, 5) is 29.5. The Hall–Kier alpha value is -3.41. The van der Waals surface area contributed by atoms with Crippen LogP contribution in [0.2, 0.25) is 0 Å². The van der Waals surface area contributed by atoms with E-state index in [9.17, 15) is 9.59 Å². The van der Waals surface area contributed by atoms with Gasteiger partial charge in [-0.1, -0.05) is 43.2 Å². The van der Waals surface area contributed by atoms with Gasteiger partial charge in [0.25, 0.3) is 0 Å². The van der Waals surface area contributed by atoms with Crippen molar-refractivity contribution in [1.82, 2.24) is 4.98 Å². The van der Waals surface area contributed by atoms with Crippen molar-refractivity contribution in [3.63, 3.8) is 0 Å². The highest BCUT2D eigenvalue weighted by Gasteiger charge is 2.22. The number of pyridine rings is 1. The van der Waals surface area contributed by atoms with Crippen molar-refractivity contribution in [3.05, 3.63) is 76.5 Å². The Morgan fingerprint density at radius 3 is 2.48 bits per heavy atom. The molecule has 162 valence electrons. The van der Waals surface area contributed by atoms with Crippen molar-refractivity contribution in [2.45, 2.75) is 46.6 Å². The quantitative estimate of drug-likeness (QED) is 0.450. The summed E-state index contributed by atoms with van der Waals surface area (Å²) in [5.41, 5.74) is 5.06. The Bertz CT molecular complexity index is 1070. The van der Waals surface area contributed by atoms with Crippen LogP contribution < -0.4 is 0 Å². The molecule has 0 bridgehead atoms. The number of ether oxygens (including phenoxy) is 2. The number of hydrogen-bond acceptors (Lipinski definition) is 6. The summed E-state index contributed by atoms with van der Waals surface area (Å²) in [5.74, 6) is -0.824. The van der Waals surface area contributed by atoms with E-state index < -0.39 is 11.9 Å². The molecule has 0 atom stereocenters. The second-order valence-corrected chi connectivity index (χ2v) is 7.42. The number of hydrogen-bond donors (Lipinski definition) is 0. The minimum absolute atomic E-state index is 0.180. The number of esters is 2. The molecule has 0 saturated carbocycles. The number of aryl methyl sites for hydroxylation is 3. The molecule has 0 N–H and O–H groups in total. The zero-order valence-corrected chi connectivity index (χ0v) is 18.4. The zero-order chi connectivity index (χ0) is 22.4. The second-order valence-electron chi connectivity index (χ2n) is 7.42. The number of carbonyl (C=O) groups excluding carboxylic acids is 2. The van der Waals surface area contributed by atoms with Gasteiger partial charge in [-0.15, -0.1) is 0 Å². The molecule has 0 radical (unpaired) electrons. The topological polar surface area (TPSA) is 78.6 Å². The third kappa shape index (κ3) is 5.20. The average Bonchev–Trinajstić information content (AvgIpc) is 3.24. The van der Waals surface area contributed by atoms with E-state index in [4.69, 9.17) is 13.9 Å². The Morgan fingerprint density at radius 2 is 1.81 bits per heavy atom. The summed E-state index contributed by atoms with van der Waals surface area (Å²) < 4.78 is 15.5. The number of methoxy groups -OCH3 is 1. The fraction of sp³-hybridized carbons (Fsp3) is 0.320. The number of unbranched alkanes of at least 4 members (excludes halogenated alkanes) is 1. The van der Waals surface area contributed by atoms with Gasteiger partial charge in [-0.05, 0) is 49.9 Å². The first-order chi connectivity index (χ1) is 14.9. The molecule has 3 rings (SSSR count). The van der Waals surface area contributed by atoms with Crippen molar-refractivity contribution >= 4 is 11.9 Å². The van der Waals surface area contributed by atoms with Crippen LogP contribution in [-0.4, -0.2) is 24.0 Å². The van der Waals surface area contributed by atoms with Crippen molar-refractivity contribution in [3.8, 4) is 11.1 Å². The number of benzene rings is 1. The molecule has 0 aliphatic rings. The fourth-order valence-corrected chi connectivity index (χ4v) is 3.39. The van der Waals surface area contributed by atoms with Crippen LogP contribution >= 0.6 is 0 Å². The largest absolute Gasteiger partial charge is 0.465 e. The lowest BCUT2D eigenvalue weighted by molar-refractivity contribution is 0.0431. The fourth-order valence-electron chi connectivity index (χ4n) is 3.39. The molecule has 0 saturated heterocycles. The summed E-state index contributed by atoms with van der Waals surface area (Å²) in [7, 11) is 1.29. The lowest BCUT2D eigenvalue weighted by Crippen LogP contribution is -2.13. The Balaban J connectivity index is 1.93. The van der Waals surface area contributed by atoms with Crippen molar-refractivity contribution in [1.29, 1.82) is 0 Å². The van der Waals surface area contributed by atoms with E-state index in [0.717, 1.165) is 41.6 Å². The normalized spacial score (nSPS) is 10.7. The van der Waals surface area contributed by atoms with Crippen LogP contribution in [0.25, 0.3) is 11.1 Å². The third-order valence-electron chi connectivity index (χ3n) is 5.09. The molecule has 0 spiro atoms. The zero-order valence-electron chi connectivity index (χ0n) is 18.4. The Morgan fingerprint density at radius 1 is 1.06 bits per heavy atom. The van der Waals surface area contributed by atoms with Crippen LogP contribution in [0.3, 0.4) is 0 Å². The minimum Gasteiger partial charge on any atom is -0.465 e. The van der Waals surface area contributed by atoms with Gasteiger partial charge in [0.1, 0.15) is 5.56 Å². The van der Waals surface area contributed by atoms with Gasteiger partial charge in [0, 0.05) is 5.69 Å². The van der Waals surface area contributed by atoms with Crippen LogP contribution in [0, 0.1) is 13.8 Å². The van der Waals surface area contributed by atoms with Crippen LogP contribution in [0.1, 0.15) is 63.2 Å². The first-order valence-electron chi connectivity index (χ1n) is 10.3. The number of aromatic nitrogens is 1. The van der Waals surface area contributed by atoms with E-state index in [2.05, 4.69) is 11.9 Å². The molecule has 3 aromatic rings. The highest BCUT2D eigenvalue weighted by atomic mass is 16.5. The summed E-state index contributed by atoms with van der Waals surface area (Å²) in [6, 6.07) is 11.5. The van der Waals surface area contributed by atoms with Gasteiger partial charge in [-0.2, -0.15) is 0 Å². The average molecular weight is 421 g/mol. The number of carbonyl (C=O) groups is 2. The molecule has 0 fully saturated rings. The first-order valence-corrected chi connectivity index (χ1v) is 10.3. The lowest BCUT2D eigenvalue weighted by atomic mass is 9.96. The maximum absolute atomic E-state index is 13.1. The van der Waals surface area contributed by atoms with Gasteiger partial charge in [0.05, 0.1) is 24.6 Å². The standard InChI is InChI=1S/C25H27NO5/c1-5-6-7-19-14-21(18-10-8-16(2)9-11-18)23(17(3)26-19)25(28)31-15-22-20(12-13-30-22)24(27)29-4/h8-14H,5-7,15H2,1-4H3. The van der Waals surface area contributed by atoms with Gasteiger partial charge in [0.15, 0.2) is 12.4 Å². The smallest absolute Gasteiger partial charge is 0.341 e. The van der Waals surface area contributed by atoms with Crippen LogP contribution in [0.4, 0.5) is 0 Å². The molecule has 6 heteroatoms. The predicted octanol–water partition coefficient (Wildman–Crippen LogP) is 5.44. The van der Waals surface area contributed by atoms with Crippen molar-refractivity contribution in [2.24, 2.45) is 0 Å². The van der Waals surface area contributed by atoms with Gasteiger partial charge in [-0.3, -0.25) is 4.98 Å². The molecule has 0 amide bonds. The maximum atomic E-state index is 13.1. The maximum Gasteiger partial charge on any atom is 0.341 e. The molecule has 31 heavy (non-hydrogen) atoms. The van der Waals surface area contributed by atoms with Crippen LogP contribution in [0.5, 0.6) is 0 Å². The lowest BCUT2D eigenvalue weighted by Gasteiger charge is -2.14. The summed E-state index contributed by atoms with van der Waals surface area (Å²) >= 11 is 0. The molecule has 0 aliphatic heterocycles. The molecule has 2 aromatic heterocycles. The minimum atomic E-state index is -0.543. The SMILES string of the molecule is CCCCc1cc(-c2ccc(C)cc2)c(C(=O)OCc2occc2C(=O)OC)c(C)n1. The second kappa shape index (κ2) is 10.1. The molecule has 0 aliphatic carbocycles. The van der Waals surface area contributed by atoms with E-state index >= 15 is 0 Å². The highest BCUT2D eigenvalue weighted by molar-refractivity contribution is 5.98. The molecule has 2 heterocycles. The summed E-state index contributed by atoms with van der Waals surface area (Å²) in [6.07, 6.45) is 4.30. The van der Waals surface area contributed by atoms with Crippen LogP contribution in [-0.2, 0) is 22.5 Å². The van der Waals surface area contributed by atoms with E-state index in [0.29, 0.717) is 11.3 Å². The van der Waals surface area contributed by atoms with E-state index in [-0.39, 0.29) is 17.9 Å². The molecular formula is C25H27NO5. The van der Waals surface area contributed by atoms with Gasteiger partial charge < -0.3 is 13.9 Å². The number of rotatable bonds is 8. The predicted molar refractivity (Wildman–Crippen MR) is 117 cm³/mol. The summed E-state index contributed by atoms with van der Waals surface area (Å²) in [5, 5.41) is 0. The monoisotopic (exact) mass is 421 g/mol. The Labute approximate surface area is 182 Å². The van der Waals surface area contributed by atoms with E-state index in [1.807, 2.05) is 44.2 Å². The van der Waals surface area contributed by atoms with Gasteiger partial charge in [-0.25, -0.2) is 9.59 Å². The van der Waals surface area contributed by atoms with Gasteiger partial charge >= 0.3 is 11.9 Å². The van der Waals surface area contributed by atoms with Gasteiger partial charge in [0.2, 0.25) is 0 Å². The Kier molecular flexibility index (Phi) is 7.23. The van der Waals surface area contributed by atoms with E-state index in [1.165, 1.54) is 19.4 Å². The number of furan rings is 1. The van der Waals surface area contributed by atoms with Crippen LogP contribution in [0.15, 0.2) is 47.1 Å². The highest BCUT2D eigenvalue weighted by Crippen LogP contribution is 2.28. The first kappa shape index (κ1) is 22.3. The molecule has 6 nitrogen and oxygen atoms in total.